The molecule has 0 saturated heterocycles. The molecule has 8 rings (SSSR count). The Morgan fingerprint density at radius 2 is 0.956 bits per heavy atom. The second-order valence-electron chi connectivity index (χ2n) is 11.8. The molecule has 7 aromatic rings. The molecule has 0 spiro atoms. The minimum Gasteiger partial charge on any atom is -0.0984 e. The van der Waals surface area contributed by atoms with Gasteiger partial charge in [0.25, 0.3) is 0 Å². The summed E-state index contributed by atoms with van der Waals surface area (Å²) in [5, 5.41) is 2.51. The zero-order valence-electron chi connectivity index (χ0n) is 25.3. The number of fused-ring (bicyclic) bond motifs is 4. The Balaban J connectivity index is 1.51. The Bertz CT molecular complexity index is 2270. The molecule has 0 fully saturated rings. The third kappa shape index (κ3) is 4.22. The van der Waals surface area contributed by atoms with Crippen molar-refractivity contribution in [1.29, 1.82) is 0 Å². The third-order valence-electron chi connectivity index (χ3n) is 9.36. The molecule has 0 amide bonds. The van der Waals surface area contributed by atoms with Crippen LogP contribution in [0.5, 0.6) is 0 Å². The monoisotopic (exact) mass is 572 g/mol. The van der Waals surface area contributed by atoms with Crippen molar-refractivity contribution in [2.24, 2.45) is 0 Å². The highest BCUT2D eigenvalue weighted by Crippen LogP contribution is 2.56. The normalized spacial score (nSPS) is 11.8. The minimum atomic E-state index is 1.07. The van der Waals surface area contributed by atoms with Crippen LogP contribution in [0.2, 0.25) is 0 Å². The molecule has 212 valence electrons. The van der Waals surface area contributed by atoms with E-state index in [1.807, 2.05) is 6.08 Å². The minimum absolute atomic E-state index is 1.07. The van der Waals surface area contributed by atoms with Gasteiger partial charge in [0, 0.05) is 0 Å². The predicted octanol–water partition coefficient (Wildman–Crippen LogP) is 12.5. The van der Waals surface area contributed by atoms with Crippen LogP contribution >= 0.6 is 0 Å². The molecule has 1 aliphatic carbocycles. The maximum absolute atomic E-state index is 4.78. The fourth-order valence-corrected chi connectivity index (χ4v) is 7.33. The number of hydrogen-bond acceptors (Lipinski definition) is 0. The van der Waals surface area contributed by atoms with E-state index in [0.29, 0.717) is 0 Å². The Morgan fingerprint density at radius 1 is 0.422 bits per heavy atom. The van der Waals surface area contributed by atoms with Gasteiger partial charge in [0.2, 0.25) is 0 Å². The van der Waals surface area contributed by atoms with Gasteiger partial charge in [0.15, 0.2) is 0 Å². The molecule has 0 saturated carbocycles. The van der Waals surface area contributed by atoms with Crippen LogP contribution < -0.4 is 0 Å². The highest BCUT2D eigenvalue weighted by Gasteiger charge is 2.32. The Kier molecular flexibility index (Phi) is 6.43. The molecule has 0 unspecified atom stereocenters. The first kappa shape index (κ1) is 26.9. The molecule has 0 aromatic heterocycles. The second kappa shape index (κ2) is 10.8. The summed E-state index contributed by atoms with van der Waals surface area (Å²) in [6, 6.07) is 52.4. The van der Waals surface area contributed by atoms with E-state index in [4.69, 9.17) is 6.58 Å². The summed E-state index contributed by atoms with van der Waals surface area (Å²) in [5.41, 5.74) is 18.0. The van der Waals surface area contributed by atoms with E-state index in [1.54, 1.807) is 0 Å². The Labute approximate surface area is 265 Å². The molecule has 0 heterocycles. The van der Waals surface area contributed by atoms with Gasteiger partial charge in [-0.2, -0.15) is 0 Å². The average molecular weight is 573 g/mol. The standard InChI is InChI=1S/C45H32/c1-4-35-37(32-18-10-6-11-19-32)26-27-40-43(35)30(3)42-29(2)36-22-14-15-23-39(36)44(45(40)42)41-28-34(31-16-8-5-9-17-31)24-25-38(41)33-20-12-7-13-21-33/h4-28H,1,3H2,2H3. The molecule has 0 atom stereocenters. The van der Waals surface area contributed by atoms with E-state index in [-0.39, 0.29) is 0 Å². The molecule has 0 radical (unpaired) electrons. The van der Waals surface area contributed by atoms with E-state index in [2.05, 4.69) is 159 Å². The van der Waals surface area contributed by atoms with Crippen LogP contribution in [-0.4, -0.2) is 0 Å². The predicted molar refractivity (Wildman–Crippen MR) is 194 cm³/mol. The van der Waals surface area contributed by atoms with Gasteiger partial charge in [0.05, 0.1) is 0 Å². The van der Waals surface area contributed by atoms with Crippen LogP contribution in [0.1, 0.15) is 22.3 Å². The Morgan fingerprint density at radius 3 is 1.60 bits per heavy atom. The summed E-state index contributed by atoms with van der Waals surface area (Å²) >= 11 is 0. The van der Waals surface area contributed by atoms with E-state index < -0.39 is 0 Å². The van der Waals surface area contributed by atoms with Gasteiger partial charge >= 0.3 is 0 Å². The van der Waals surface area contributed by atoms with Gasteiger partial charge in [-0.15, -0.1) is 0 Å². The highest BCUT2D eigenvalue weighted by molar-refractivity contribution is 6.18. The van der Waals surface area contributed by atoms with Gasteiger partial charge in [-0.3, -0.25) is 0 Å². The summed E-state index contributed by atoms with van der Waals surface area (Å²) < 4.78 is 0. The quantitative estimate of drug-likeness (QED) is 0.192. The fraction of sp³-hybridized carbons (Fsp3) is 0.0222. The lowest BCUT2D eigenvalue weighted by atomic mass is 9.82. The van der Waals surface area contributed by atoms with Crippen molar-refractivity contribution in [1.82, 2.24) is 0 Å². The van der Waals surface area contributed by atoms with Gasteiger partial charge in [-0.05, 0) is 107 Å². The van der Waals surface area contributed by atoms with Crippen LogP contribution in [0.3, 0.4) is 0 Å². The SMILES string of the molecule is C=Cc1c(-c2ccccc2)ccc2c1C(=C)c1c-2c(-c2cc(-c3ccccc3)ccc2-c2ccccc2)c2ccccc2c1C. The molecule has 7 aromatic carbocycles. The zero-order chi connectivity index (χ0) is 30.5. The largest absolute Gasteiger partial charge is 0.0984 e. The fourth-order valence-electron chi connectivity index (χ4n) is 7.33. The molecule has 0 aliphatic heterocycles. The first-order valence-corrected chi connectivity index (χ1v) is 15.5. The van der Waals surface area contributed by atoms with Crippen molar-refractivity contribution in [3.8, 4) is 55.6 Å². The van der Waals surface area contributed by atoms with Crippen molar-refractivity contribution in [3.63, 3.8) is 0 Å². The van der Waals surface area contributed by atoms with Gasteiger partial charge in [0.1, 0.15) is 0 Å². The summed E-state index contributed by atoms with van der Waals surface area (Å²) in [4.78, 5) is 0. The van der Waals surface area contributed by atoms with Crippen LogP contribution in [0, 0.1) is 6.92 Å². The third-order valence-corrected chi connectivity index (χ3v) is 9.36. The van der Waals surface area contributed by atoms with Gasteiger partial charge in [-0.25, -0.2) is 0 Å². The molecule has 0 N–H and O–H groups in total. The number of rotatable bonds is 5. The topological polar surface area (TPSA) is 0 Å². The maximum atomic E-state index is 4.78. The zero-order valence-corrected chi connectivity index (χ0v) is 25.3. The van der Waals surface area contributed by atoms with Gasteiger partial charge < -0.3 is 0 Å². The molecule has 0 nitrogen and oxygen atoms in total. The van der Waals surface area contributed by atoms with E-state index >= 15 is 0 Å². The summed E-state index contributed by atoms with van der Waals surface area (Å²) in [6.45, 7) is 11.3. The van der Waals surface area contributed by atoms with Crippen molar-refractivity contribution in [2.45, 2.75) is 6.92 Å². The van der Waals surface area contributed by atoms with Crippen LogP contribution in [-0.2, 0) is 0 Å². The van der Waals surface area contributed by atoms with Crippen molar-refractivity contribution < 1.29 is 0 Å². The lowest BCUT2D eigenvalue weighted by Gasteiger charge is -2.21. The van der Waals surface area contributed by atoms with Crippen molar-refractivity contribution in [2.75, 3.05) is 0 Å². The molecular weight excluding hydrogens is 540 g/mol. The van der Waals surface area contributed by atoms with Crippen LogP contribution in [0.4, 0.5) is 0 Å². The lowest BCUT2D eigenvalue weighted by Crippen LogP contribution is -1.96. The lowest BCUT2D eigenvalue weighted by molar-refractivity contribution is 1.49. The summed E-state index contributed by atoms with van der Waals surface area (Å²) in [7, 11) is 0. The number of hydrogen-bond donors (Lipinski definition) is 0. The summed E-state index contributed by atoms with van der Waals surface area (Å²) in [5.74, 6) is 0. The number of aryl methyl sites for hydroxylation is 1. The highest BCUT2D eigenvalue weighted by atomic mass is 14.3. The molecule has 0 heteroatoms. The second-order valence-corrected chi connectivity index (χ2v) is 11.8. The molecule has 45 heavy (non-hydrogen) atoms. The van der Waals surface area contributed by atoms with E-state index in [0.717, 1.165) is 11.1 Å². The van der Waals surface area contributed by atoms with E-state index in [1.165, 1.54) is 83.1 Å². The average Bonchev–Trinajstić information content (AvgIpc) is 3.41. The molecule has 0 bridgehead atoms. The molecular formula is C45H32. The Hall–Kier alpha value is -5.72. The number of benzene rings is 7. The summed E-state index contributed by atoms with van der Waals surface area (Å²) in [6.07, 6.45) is 2.01. The van der Waals surface area contributed by atoms with E-state index in [9.17, 15) is 0 Å². The van der Waals surface area contributed by atoms with Crippen molar-refractivity contribution >= 4 is 22.4 Å². The smallest absolute Gasteiger partial charge is 0.00110 e. The first-order chi connectivity index (χ1) is 22.2. The maximum Gasteiger partial charge on any atom is -0.00110 e. The van der Waals surface area contributed by atoms with Gasteiger partial charge in [-0.1, -0.05) is 159 Å². The van der Waals surface area contributed by atoms with Crippen LogP contribution in [0.15, 0.2) is 159 Å². The van der Waals surface area contributed by atoms with Crippen LogP contribution in [0.25, 0.3) is 78.1 Å². The first-order valence-electron chi connectivity index (χ1n) is 15.5. The molecule has 1 aliphatic rings. The van der Waals surface area contributed by atoms with Crippen molar-refractivity contribution in [3.05, 3.63) is 181 Å².